The number of rotatable bonds is 3. The maximum Gasteiger partial charge on any atom is 0.248 e. The zero-order chi connectivity index (χ0) is 15.0. The molecule has 1 aromatic heterocycles. The van der Waals surface area contributed by atoms with Crippen LogP contribution in [0.3, 0.4) is 0 Å². The van der Waals surface area contributed by atoms with Crippen LogP contribution < -0.4 is 9.67 Å². The third-order valence-electron chi connectivity index (χ3n) is 2.50. The van der Waals surface area contributed by atoms with Gasteiger partial charge in [0.1, 0.15) is 0 Å². The van der Waals surface area contributed by atoms with Gasteiger partial charge in [-0.05, 0) is 13.0 Å². The van der Waals surface area contributed by atoms with E-state index in [2.05, 4.69) is 12.1 Å². The first-order chi connectivity index (χ1) is 9.50. The summed E-state index contributed by atoms with van der Waals surface area (Å²) in [5, 5.41) is 8.89. The number of pyridine rings is 1. The number of benzene rings is 1. The Kier molecular flexibility index (Phi) is 6.10. The van der Waals surface area contributed by atoms with Crippen molar-refractivity contribution in [1.82, 2.24) is 0 Å². The minimum Gasteiger partial charge on any atom is -0.550 e. The molecular weight excluding hydrogens is 254 g/mol. The standard InChI is InChI=1S/C14H14NO.C2H4O2/c1-12(16)14-9-5-6-10-15(14)11-13-7-3-2-4-8-13;1-2(3)4/h2-10H,11H2,1H3;1H3,(H,3,4)/q+1;/p-1. The van der Waals surface area contributed by atoms with Crippen molar-refractivity contribution in [2.24, 2.45) is 0 Å². The van der Waals surface area contributed by atoms with Gasteiger partial charge in [0.25, 0.3) is 0 Å². The molecule has 0 saturated heterocycles. The molecular formula is C16H17NO3. The molecule has 20 heavy (non-hydrogen) atoms. The average Bonchev–Trinajstić information content (AvgIpc) is 2.39. The molecule has 0 bridgehead atoms. The molecule has 0 saturated carbocycles. The average molecular weight is 271 g/mol. The van der Waals surface area contributed by atoms with Gasteiger partial charge >= 0.3 is 0 Å². The number of carboxylic acid groups (broad SMARTS) is 1. The maximum atomic E-state index is 11.4. The summed E-state index contributed by atoms with van der Waals surface area (Å²) in [6.45, 7) is 3.30. The molecule has 4 heteroatoms. The summed E-state index contributed by atoms with van der Waals surface area (Å²) >= 11 is 0. The molecule has 0 amide bonds. The zero-order valence-electron chi connectivity index (χ0n) is 11.6. The van der Waals surface area contributed by atoms with Gasteiger partial charge in [0.15, 0.2) is 12.7 Å². The molecule has 0 aliphatic heterocycles. The SMILES string of the molecule is CC(=O)[O-].CC(=O)c1cccc[n+]1Cc1ccccc1. The number of ketones is 1. The zero-order valence-corrected chi connectivity index (χ0v) is 11.6. The van der Waals surface area contributed by atoms with Crippen molar-refractivity contribution in [1.29, 1.82) is 0 Å². The van der Waals surface area contributed by atoms with Crippen molar-refractivity contribution in [3.63, 3.8) is 0 Å². The third kappa shape index (κ3) is 5.44. The van der Waals surface area contributed by atoms with Crippen LogP contribution in [-0.4, -0.2) is 11.8 Å². The van der Waals surface area contributed by atoms with Crippen molar-refractivity contribution in [3.8, 4) is 0 Å². The molecule has 0 aliphatic rings. The van der Waals surface area contributed by atoms with Crippen molar-refractivity contribution >= 4 is 11.8 Å². The molecule has 4 nitrogen and oxygen atoms in total. The lowest BCUT2D eigenvalue weighted by molar-refractivity contribution is -0.690. The monoisotopic (exact) mass is 271 g/mol. The van der Waals surface area contributed by atoms with E-state index in [4.69, 9.17) is 9.90 Å². The van der Waals surface area contributed by atoms with E-state index >= 15 is 0 Å². The molecule has 0 unspecified atom stereocenters. The Hall–Kier alpha value is -2.49. The smallest absolute Gasteiger partial charge is 0.248 e. The van der Waals surface area contributed by atoms with Crippen LogP contribution in [0.5, 0.6) is 0 Å². The number of hydrogen-bond acceptors (Lipinski definition) is 3. The summed E-state index contributed by atoms with van der Waals surface area (Å²) in [7, 11) is 0. The predicted octanol–water partition coefficient (Wildman–Crippen LogP) is 0.981. The highest BCUT2D eigenvalue weighted by Crippen LogP contribution is 2.00. The van der Waals surface area contributed by atoms with Gasteiger partial charge in [-0.25, -0.2) is 0 Å². The van der Waals surface area contributed by atoms with E-state index in [1.807, 2.05) is 47.2 Å². The fourth-order valence-electron chi connectivity index (χ4n) is 1.71. The van der Waals surface area contributed by atoms with Gasteiger partial charge in [-0.2, -0.15) is 4.57 Å². The van der Waals surface area contributed by atoms with E-state index in [-0.39, 0.29) is 5.78 Å². The van der Waals surface area contributed by atoms with Crippen LogP contribution in [0.4, 0.5) is 0 Å². The molecule has 0 fully saturated rings. The Morgan fingerprint density at radius 1 is 1.00 bits per heavy atom. The van der Waals surface area contributed by atoms with Crippen LogP contribution in [0, 0.1) is 0 Å². The number of carboxylic acids is 1. The highest BCUT2D eigenvalue weighted by molar-refractivity contribution is 5.90. The van der Waals surface area contributed by atoms with Crippen molar-refractivity contribution < 1.29 is 19.3 Å². The first-order valence-corrected chi connectivity index (χ1v) is 6.21. The lowest BCUT2D eigenvalue weighted by Crippen LogP contribution is -2.39. The Labute approximate surface area is 118 Å². The molecule has 1 heterocycles. The van der Waals surface area contributed by atoms with Crippen molar-refractivity contribution in [3.05, 3.63) is 66.0 Å². The minimum atomic E-state index is -1.08. The molecule has 0 atom stereocenters. The second-order valence-corrected chi connectivity index (χ2v) is 4.25. The Morgan fingerprint density at radius 3 is 2.10 bits per heavy atom. The van der Waals surface area contributed by atoms with E-state index in [1.54, 1.807) is 6.92 Å². The molecule has 0 N–H and O–H groups in total. The number of Topliss-reactive ketones (excluding diaryl/α,β-unsaturated/α-hetero) is 1. The Morgan fingerprint density at radius 2 is 1.55 bits per heavy atom. The quantitative estimate of drug-likeness (QED) is 0.617. The van der Waals surface area contributed by atoms with Gasteiger partial charge in [-0.3, -0.25) is 4.79 Å². The second kappa shape index (κ2) is 7.84. The Bertz CT molecular complexity index is 575. The summed E-state index contributed by atoms with van der Waals surface area (Å²) in [6, 6.07) is 15.8. The summed E-state index contributed by atoms with van der Waals surface area (Å²) in [4.78, 5) is 20.3. The van der Waals surface area contributed by atoms with Crippen LogP contribution >= 0.6 is 0 Å². The van der Waals surface area contributed by atoms with E-state index < -0.39 is 5.97 Å². The molecule has 0 spiro atoms. The summed E-state index contributed by atoms with van der Waals surface area (Å²) < 4.78 is 1.97. The van der Waals surface area contributed by atoms with Crippen LogP contribution in [0.2, 0.25) is 0 Å². The maximum absolute atomic E-state index is 11.4. The number of hydrogen-bond donors (Lipinski definition) is 0. The summed E-state index contributed by atoms with van der Waals surface area (Å²) in [5.41, 5.74) is 1.94. The van der Waals surface area contributed by atoms with Crippen LogP contribution in [0.25, 0.3) is 0 Å². The molecule has 0 aliphatic carbocycles. The first kappa shape index (κ1) is 15.6. The molecule has 1 aromatic carbocycles. The van der Waals surface area contributed by atoms with E-state index in [1.165, 1.54) is 5.56 Å². The molecule has 104 valence electrons. The number of carbonyl (C=O) groups is 2. The van der Waals surface area contributed by atoms with Crippen molar-refractivity contribution in [2.75, 3.05) is 0 Å². The van der Waals surface area contributed by atoms with Gasteiger partial charge in [0.2, 0.25) is 11.5 Å². The molecule has 2 aromatic rings. The second-order valence-electron chi connectivity index (χ2n) is 4.25. The van der Waals surface area contributed by atoms with Crippen LogP contribution in [0.1, 0.15) is 29.9 Å². The highest BCUT2D eigenvalue weighted by atomic mass is 16.4. The number of carbonyl (C=O) groups excluding carboxylic acids is 2. The van der Waals surface area contributed by atoms with Gasteiger partial charge in [-0.15, -0.1) is 0 Å². The largest absolute Gasteiger partial charge is 0.550 e. The number of aliphatic carboxylic acids is 1. The fraction of sp³-hybridized carbons (Fsp3) is 0.188. The van der Waals surface area contributed by atoms with E-state index in [0.29, 0.717) is 0 Å². The van der Waals surface area contributed by atoms with Crippen molar-refractivity contribution in [2.45, 2.75) is 20.4 Å². The summed E-state index contributed by atoms with van der Waals surface area (Å²) in [5.74, 6) is -0.989. The molecule has 2 rings (SSSR count). The lowest BCUT2D eigenvalue weighted by Gasteiger charge is -2.00. The normalized spacial score (nSPS) is 9.30. The summed E-state index contributed by atoms with van der Waals surface area (Å²) in [6.07, 6.45) is 1.93. The predicted molar refractivity (Wildman–Crippen MR) is 72.9 cm³/mol. The van der Waals surface area contributed by atoms with Crippen LogP contribution in [0.15, 0.2) is 54.7 Å². The van der Waals surface area contributed by atoms with E-state index in [0.717, 1.165) is 19.2 Å². The highest BCUT2D eigenvalue weighted by Gasteiger charge is 2.13. The first-order valence-electron chi connectivity index (χ1n) is 6.21. The van der Waals surface area contributed by atoms with E-state index in [9.17, 15) is 4.79 Å². The number of aromatic nitrogens is 1. The van der Waals surface area contributed by atoms with Gasteiger partial charge in [-0.1, -0.05) is 30.3 Å². The molecule has 0 radical (unpaired) electrons. The topological polar surface area (TPSA) is 61.1 Å². The van der Waals surface area contributed by atoms with Gasteiger partial charge < -0.3 is 9.90 Å². The van der Waals surface area contributed by atoms with Gasteiger partial charge in [0.05, 0.1) is 0 Å². The third-order valence-corrected chi connectivity index (χ3v) is 2.50. The lowest BCUT2D eigenvalue weighted by atomic mass is 10.2. The van der Waals surface area contributed by atoms with Crippen LogP contribution in [-0.2, 0) is 11.3 Å². The fourth-order valence-corrected chi connectivity index (χ4v) is 1.71. The number of nitrogens with zero attached hydrogens (tertiary/aromatic N) is 1. The van der Waals surface area contributed by atoms with Gasteiger partial charge in [0, 0.05) is 30.6 Å². The Balaban J connectivity index is 0.000000444. The minimum absolute atomic E-state index is 0.0940.